The van der Waals surface area contributed by atoms with Crippen molar-refractivity contribution < 1.29 is 27.8 Å². The Morgan fingerprint density at radius 2 is 1.84 bits per heavy atom. The van der Waals surface area contributed by atoms with E-state index in [1.165, 1.54) is 39.2 Å². The summed E-state index contributed by atoms with van der Waals surface area (Å²) in [5.74, 6) is 0.245. The van der Waals surface area contributed by atoms with E-state index in [0.717, 1.165) is 25.1 Å². The van der Waals surface area contributed by atoms with Gasteiger partial charge in [0.05, 0.1) is 23.6 Å². The predicted molar refractivity (Wildman–Crippen MR) is 184 cm³/mol. The maximum Gasteiger partial charge on any atom is 0.387 e. The molecule has 1 amide bonds. The maximum atomic E-state index is 13.5. The Morgan fingerprint density at radius 3 is 2.56 bits per heavy atom. The molecule has 2 aromatic carbocycles. The molecule has 262 valence electrons. The molecule has 5 aromatic rings. The third-order valence-corrected chi connectivity index (χ3v) is 8.88. The van der Waals surface area contributed by atoms with Crippen molar-refractivity contribution in [2.45, 2.75) is 65.0 Å². The number of hydrogen-bond acceptors (Lipinski definition) is 8. The fraction of sp³-hybridized carbons (Fsp3) is 0.361. The van der Waals surface area contributed by atoms with E-state index in [9.17, 15) is 18.4 Å². The van der Waals surface area contributed by atoms with E-state index in [1.54, 1.807) is 24.7 Å². The Labute approximate surface area is 293 Å². The van der Waals surface area contributed by atoms with Crippen molar-refractivity contribution in [3.8, 4) is 22.8 Å². The summed E-state index contributed by atoms with van der Waals surface area (Å²) in [5.41, 5.74) is 2.65. The number of aromatic nitrogens is 5. The third-order valence-electron chi connectivity index (χ3n) is 8.65. The summed E-state index contributed by atoms with van der Waals surface area (Å²) in [7, 11) is 2.10. The van der Waals surface area contributed by atoms with E-state index >= 15 is 0 Å². The van der Waals surface area contributed by atoms with Crippen LogP contribution in [0.3, 0.4) is 0 Å². The van der Waals surface area contributed by atoms with Gasteiger partial charge in [-0.2, -0.15) is 19.0 Å². The molecule has 0 N–H and O–H groups in total. The van der Waals surface area contributed by atoms with Crippen LogP contribution in [0.4, 0.5) is 8.78 Å². The Kier molecular flexibility index (Phi) is 10.7. The lowest BCUT2D eigenvalue weighted by molar-refractivity contribution is -0.133. The van der Waals surface area contributed by atoms with Gasteiger partial charge in [0, 0.05) is 66.8 Å². The van der Waals surface area contributed by atoms with Crippen LogP contribution < -0.4 is 9.47 Å². The Hall–Kier alpha value is -4.88. The van der Waals surface area contributed by atoms with Crippen molar-refractivity contribution in [1.82, 2.24) is 34.2 Å². The number of ketones is 1. The van der Waals surface area contributed by atoms with Crippen LogP contribution >= 0.6 is 11.6 Å². The second kappa shape index (κ2) is 15.3. The molecule has 0 aliphatic carbocycles. The standard InChI is InChI=1S/C36H38ClF2N7O4/c1-23(2)49-28-8-5-24(6-9-28)20-43(3)27-11-15-44(16-12-27)33(48)22-45-21-25(17-31(47)30-19-41-46-14-4-13-40-35(30)46)34(42-45)29-18-26(37)7-10-32(29)50-36(38)39/h4-10,13-14,18-19,21,23,27,36H,11-12,15-17,20,22H2,1-3H3. The van der Waals surface area contributed by atoms with Crippen LogP contribution in [0.2, 0.25) is 5.02 Å². The zero-order valence-electron chi connectivity index (χ0n) is 28.0. The molecule has 1 fully saturated rings. The van der Waals surface area contributed by atoms with Gasteiger partial charge in [-0.25, -0.2) is 9.50 Å². The number of carbonyl (C=O) groups excluding carboxylic acids is 2. The van der Waals surface area contributed by atoms with Crippen LogP contribution in [0, 0.1) is 0 Å². The molecule has 4 heterocycles. The highest BCUT2D eigenvalue weighted by atomic mass is 35.5. The normalized spacial score (nSPS) is 13.9. The van der Waals surface area contributed by atoms with Gasteiger partial charge < -0.3 is 14.4 Å². The lowest BCUT2D eigenvalue weighted by Gasteiger charge is -2.36. The Morgan fingerprint density at radius 1 is 1.08 bits per heavy atom. The highest BCUT2D eigenvalue weighted by molar-refractivity contribution is 6.31. The number of Topliss-reactive ketones (excluding diaryl/α,β-unsaturated/α-hetero) is 1. The number of rotatable bonds is 13. The van der Waals surface area contributed by atoms with Crippen LogP contribution in [0.15, 0.2) is 73.3 Å². The smallest absolute Gasteiger partial charge is 0.387 e. The number of carbonyl (C=O) groups is 2. The molecule has 14 heteroatoms. The summed E-state index contributed by atoms with van der Waals surface area (Å²) in [4.78, 5) is 35.5. The third kappa shape index (κ3) is 8.28. The first kappa shape index (κ1) is 35.0. The molecule has 3 aromatic heterocycles. The van der Waals surface area contributed by atoms with Crippen molar-refractivity contribution in [2.24, 2.45) is 0 Å². The highest BCUT2D eigenvalue weighted by Gasteiger charge is 2.27. The molecule has 0 atom stereocenters. The number of hydrogen-bond donors (Lipinski definition) is 0. The Balaban J connectivity index is 1.16. The summed E-state index contributed by atoms with van der Waals surface area (Å²) in [6, 6.07) is 14.3. The minimum absolute atomic E-state index is 0.101. The number of benzene rings is 2. The van der Waals surface area contributed by atoms with E-state index in [0.29, 0.717) is 35.9 Å². The molecule has 0 spiro atoms. The van der Waals surface area contributed by atoms with E-state index < -0.39 is 6.61 Å². The predicted octanol–water partition coefficient (Wildman–Crippen LogP) is 6.18. The van der Waals surface area contributed by atoms with Gasteiger partial charge in [-0.3, -0.25) is 19.2 Å². The van der Waals surface area contributed by atoms with Gasteiger partial charge in [-0.15, -0.1) is 0 Å². The second-order valence-corrected chi connectivity index (χ2v) is 13.0. The minimum atomic E-state index is -3.10. The van der Waals surface area contributed by atoms with E-state index in [1.807, 2.05) is 30.9 Å². The molecule has 1 aliphatic rings. The zero-order valence-corrected chi connectivity index (χ0v) is 28.8. The second-order valence-electron chi connectivity index (χ2n) is 12.6. The van der Waals surface area contributed by atoms with Gasteiger partial charge in [0.2, 0.25) is 5.91 Å². The molecule has 0 saturated carbocycles. The Bertz CT molecular complexity index is 1960. The zero-order chi connectivity index (χ0) is 35.4. The first-order chi connectivity index (χ1) is 24.0. The van der Waals surface area contributed by atoms with Gasteiger partial charge in [0.1, 0.15) is 18.0 Å². The average molecular weight is 706 g/mol. The van der Waals surface area contributed by atoms with Crippen LogP contribution in [0.25, 0.3) is 16.9 Å². The van der Waals surface area contributed by atoms with E-state index in [-0.39, 0.29) is 52.8 Å². The van der Waals surface area contributed by atoms with Gasteiger partial charge in [-0.1, -0.05) is 23.7 Å². The van der Waals surface area contributed by atoms with Crippen molar-refractivity contribution >= 4 is 28.9 Å². The number of piperidine rings is 1. The molecule has 11 nitrogen and oxygen atoms in total. The number of likely N-dealkylation sites (tertiary alicyclic amines) is 1. The van der Waals surface area contributed by atoms with Gasteiger partial charge in [-0.05, 0) is 75.7 Å². The average Bonchev–Trinajstić information content (AvgIpc) is 3.70. The summed E-state index contributed by atoms with van der Waals surface area (Å²) < 4.78 is 40.2. The van der Waals surface area contributed by atoms with Crippen LogP contribution in [-0.4, -0.2) is 84.8 Å². The molecule has 0 unspecified atom stereocenters. The number of ether oxygens (including phenoxy) is 2. The van der Waals surface area contributed by atoms with Crippen molar-refractivity contribution in [2.75, 3.05) is 20.1 Å². The number of halogens is 3. The quantitative estimate of drug-likeness (QED) is 0.134. The van der Waals surface area contributed by atoms with E-state index in [4.69, 9.17) is 21.1 Å². The van der Waals surface area contributed by atoms with Crippen molar-refractivity contribution in [3.63, 3.8) is 0 Å². The number of fused-ring (bicyclic) bond motifs is 1. The molecule has 50 heavy (non-hydrogen) atoms. The molecule has 6 rings (SSSR count). The van der Waals surface area contributed by atoms with Crippen LogP contribution in [0.1, 0.15) is 48.2 Å². The van der Waals surface area contributed by atoms with E-state index in [2.05, 4.69) is 39.3 Å². The van der Waals surface area contributed by atoms with Crippen LogP contribution in [0.5, 0.6) is 11.5 Å². The summed E-state index contributed by atoms with van der Waals surface area (Å²) >= 11 is 6.27. The molecule has 0 radical (unpaired) electrons. The number of nitrogens with zero attached hydrogens (tertiary/aromatic N) is 7. The number of alkyl halides is 2. The van der Waals surface area contributed by atoms with Gasteiger partial charge in [0.25, 0.3) is 0 Å². The molecular formula is C36H38ClF2N7O4. The first-order valence-electron chi connectivity index (χ1n) is 16.4. The first-order valence-corrected chi connectivity index (χ1v) is 16.8. The SMILES string of the molecule is CC(C)Oc1ccc(CN(C)C2CCN(C(=O)Cn3cc(CC(=O)c4cnn5cccnc45)c(-c4cc(Cl)ccc4OC(F)F)n3)CC2)cc1. The summed E-state index contributed by atoms with van der Waals surface area (Å²) in [5, 5.41) is 9.08. The molecule has 1 aliphatic heterocycles. The minimum Gasteiger partial charge on any atom is -0.491 e. The lowest BCUT2D eigenvalue weighted by atomic mass is 10.0. The van der Waals surface area contributed by atoms with Gasteiger partial charge >= 0.3 is 6.61 Å². The largest absolute Gasteiger partial charge is 0.491 e. The summed E-state index contributed by atoms with van der Waals surface area (Å²) in [6.45, 7) is 2.74. The van der Waals surface area contributed by atoms with Crippen molar-refractivity contribution in [3.05, 3.63) is 95.0 Å². The number of amides is 1. The highest BCUT2D eigenvalue weighted by Crippen LogP contribution is 2.35. The van der Waals surface area contributed by atoms with Crippen molar-refractivity contribution in [1.29, 1.82) is 0 Å². The topological polar surface area (TPSA) is 107 Å². The lowest BCUT2D eigenvalue weighted by Crippen LogP contribution is -2.46. The molecule has 1 saturated heterocycles. The summed E-state index contributed by atoms with van der Waals surface area (Å²) in [6.07, 6.45) is 7.85. The fourth-order valence-electron chi connectivity index (χ4n) is 6.24. The monoisotopic (exact) mass is 705 g/mol. The fourth-order valence-corrected chi connectivity index (χ4v) is 6.41. The molecule has 0 bridgehead atoms. The van der Waals surface area contributed by atoms with Gasteiger partial charge in [0.15, 0.2) is 11.4 Å². The molecular weight excluding hydrogens is 668 g/mol. The maximum absolute atomic E-state index is 13.5. The van der Waals surface area contributed by atoms with Crippen LogP contribution in [-0.2, 0) is 24.3 Å².